The lowest BCUT2D eigenvalue weighted by Gasteiger charge is -2.35. The second kappa shape index (κ2) is 7.55. The van der Waals surface area contributed by atoms with Crippen molar-refractivity contribution in [2.75, 3.05) is 36.4 Å². The first-order chi connectivity index (χ1) is 11.6. The fourth-order valence-electron chi connectivity index (χ4n) is 3.46. The van der Waals surface area contributed by atoms with Gasteiger partial charge < -0.3 is 20.4 Å². The van der Waals surface area contributed by atoms with Crippen LogP contribution in [0.15, 0.2) is 24.3 Å². The van der Waals surface area contributed by atoms with Crippen LogP contribution < -0.4 is 15.5 Å². The Bertz CT molecular complexity index is 573. The lowest BCUT2D eigenvalue weighted by Crippen LogP contribution is -2.48. The molecule has 1 aliphatic carbocycles. The Morgan fingerprint density at radius 2 is 1.62 bits per heavy atom. The topological polar surface area (TPSA) is 64.7 Å². The SMILES string of the molecule is CC(=O)N1CCN(c2ccc(NC(=O)NC3CCCC3)cc2)CC1. The van der Waals surface area contributed by atoms with Crippen LogP contribution in [0.25, 0.3) is 0 Å². The molecule has 6 heteroatoms. The van der Waals surface area contributed by atoms with Crippen LogP contribution in [-0.2, 0) is 4.79 Å². The molecule has 2 N–H and O–H groups in total. The van der Waals surface area contributed by atoms with Gasteiger partial charge in [-0.05, 0) is 37.1 Å². The average Bonchev–Trinajstić information content (AvgIpc) is 3.08. The summed E-state index contributed by atoms with van der Waals surface area (Å²) in [6, 6.07) is 8.11. The number of carbonyl (C=O) groups is 2. The van der Waals surface area contributed by atoms with E-state index in [-0.39, 0.29) is 11.9 Å². The zero-order chi connectivity index (χ0) is 16.9. The van der Waals surface area contributed by atoms with E-state index >= 15 is 0 Å². The van der Waals surface area contributed by atoms with Crippen molar-refractivity contribution in [2.45, 2.75) is 38.6 Å². The van der Waals surface area contributed by atoms with Crippen LogP contribution in [0.2, 0.25) is 0 Å². The molecule has 24 heavy (non-hydrogen) atoms. The summed E-state index contributed by atoms with van der Waals surface area (Å²) >= 11 is 0. The molecule has 130 valence electrons. The number of hydrogen-bond donors (Lipinski definition) is 2. The number of rotatable bonds is 3. The summed E-state index contributed by atoms with van der Waals surface area (Å²) in [5.74, 6) is 0.141. The maximum absolute atomic E-state index is 12.0. The number of carbonyl (C=O) groups excluding carboxylic acids is 2. The number of amides is 3. The fourth-order valence-corrected chi connectivity index (χ4v) is 3.46. The lowest BCUT2D eigenvalue weighted by atomic mass is 10.2. The van der Waals surface area contributed by atoms with Gasteiger partial charge in [-0.15, -0.1) is 0 Å². The Kier molecular flexibility index (Phi) is 5.23. The number of piperazine rings is 1. The summed E-state index contributed by atoms with van der Waals surface area (Å²) in [6.45, 7) is 4.83. The number of nitrogens with one attached hydrogen (secondary N) is 2. The van der Waals surface area contributed by atoms with Gasteiger partial charge in [0, 0.05) is 50.5 Å². The van der Waals surface area contributed by atoms with Crippen molar-refractivity contribution >= 4 is 23.3 Å². The van der Waals surface area contributed by atoms with Gasteiger partial charge in [0.05, 0.1) is 0 Å². The number of hydrogen-bond acceptors (Lipinski definition) is 3. The minimum atomic E-state index is -0.121. The van der Waals surface area contributed by atoms with Gasteiger partial charge in [0.25, 0.3) is 0 Å². The van der Waals surface area contributed by atoms with E-state index in [0.717, 1.165) is 50.4 Å². The number of benzene rings is 1. The second-order valence-corrected chi connectivity index (χ2v) is 6.62. The molecule has 1 saturated heterocycles. The molecule has 3 rings (SSSR count). The Morgan fingerprint density at radius 3 is 2.21 bits per heavy atom. The van der Waals surface area contributed by atoms with Gasteiger partial charge in [0.2, 0.25) is 5.91 Å². The smallest absolute Gasteiger partial charge is 0.319 e. The summed E-state index contributed by atoms with van der Waals surface area (Å²) in [5.41, 5.74) is 1.93. The molecule has 2 fully saturated rings. The number of anilines is 2. The average molecular weight is 330 g/mol. The molecule has 1 saturated carbocycles. The molecule has 6 nitrogen and oxygen atoms in total. The van der Waals surface area contributed by atoms with Gasteiger partial charge in [0.15, 0.2) is 0 Å². The van der Waals surface area contributed by atoms with Crippen molar-refractivity contribution in [3.8, 4) is 0 Å². The highest BCUT2D eigenvalue weighted by Crippen LogP contribution is 2.20. The summed E-state index contributed by atoms with van der Waals surface area (Å²) in [5, 5.41) is 5.92. The summed E-state index contributed by atoms with van der Waals surface area (Å²) in [4.78, 5) is 27.5. The minimum Gasteiger partial charge on any atom is -0.368 e. The van der Waals surface area contributed by atoms with Gasteiger partial charge in [-0.3, -0.25) is 4.79 Å². The van der Waals surface area contributed by atoms with E-state index in [9.17, 15) is 9.59 Å². The Hall–Kier alpha value is -2.24. The highest BCUT2D eigenvalue weighted by molar-refractivity contribution is 5.89. The van der Waals surface area contributed by atoms with Crippen molar-refractivity contribution in [2.24, 2.45) is 0 Å². The van der Waals surface area contributed by atoms with Gasteiger partial charge >= 0.3 is 6.03 Å². The molecule has 0 unspecified atom stereocenters. The van der Waals surface area contributed by atoms with Crippen molar-refractivity contribution in [3.63, 3.8) is 0 Å². The first-order valence-electron chi connectivity index (χ1n) is 8.80. The molecule has 0 radical (unpaired) electrons. The third-order valence-corrected chi connectivity index (χ3v) is 4.91. The van der Waals surface area contributed by atoms with Crippen molar-refractivity contribution in [1.29, 1.82) is 0 Å². The molecule has 2 aliphatic rings. The maximum atomic E-state index is 12.0. The maximum Gasteiger partial charge on any atom is 0.319 e. The standard InChI is InChI=1S/C18H26N4O2/c1-14(23)21-10-12-22(13-11-21)17-8-6-16(7-9-17)20-18(24)19-15-4-2-3-5-15/h6-9,15H,2-5,10-13H2,1H3,(H2,19,20,24). The summed E-state index contributed by atoms with van der Waals surface area (Å²) in [7, 11) is 0. The molecule has 1 heterocycles. The fraction of sp³-hybridized carbons (Fsp3) is 0.556. The van der Waals surface area contributed by atoms with E-state index < -0.39 is 0 Å². The second-order valence-electron chi connectivity index (χ2n) is 6.62. The van der Waals surface area contributed by atoms with Crippen molar-refractivity contribution in [3.05, 3.63) is 24.3 Å². The summed E-state index contributed by atoms with van der Waals surface area (Å²) in [6.07, 6.45) is 4.57. The van der Waals surface area contributed by atoms with Gasteiger partial charge in [-0.2, -0.15) is 0 Å². The monoisotopic (exact) mass is 330 g/mol. The molecular weight excluding hydrogens is 304 g/mol. The van der Waals surface area contributed by atoms with E-state index in [4.69, 9.17) is 0 Å². The Balaban J connectivity index is 1.50. The van der Waals surface area contributed by atoms with Crippen LogP contribution in [0, 0.1) is 0 Å². The zero-order valence-electron chi connectivity index (χ0n) is 14.3. The number of nitrogens with zero attached hydrogens (tertiary/aromatic N) is 2. The third kappa shape index (κ3) is 4.19. The molecule has 0 aromatic heterocycles. The highest BCUT2D eigenvalue weighted by Gasteiger charge is 2.19. The Morgan fingerprint density at radius 1 is 1.00 bits per heavy atom. The highest BCUT2D eigenvalue weighted by atomic mass is 16.2. The first-order valence-corrected chi connectivity index (χ1v) is 8.80. The Labute approximate surface area is 143 Å². The van der Waals surface area contributed by atoms with Crippen LogP contribution >= 0.6 is 0 Å². The minimum absolute atomic E-state index is 0.121. The third-order valence-electron chi connectivity index (χ3n) is 4.91. The normalized spacial score (nSPS) is 18.5. The molecule has 0 bridgehead atoms. The predicted octanol–water partition coefficient (Wildman–Crippen LogP) is 2.42. The first kappa shape index (κ1) is 16.6. The molecular formula is C18H26N4O2. The van der Waals surface area contributed by atoms with Gasteiger partial charge in [-0.25, -0.2) is 4.79 Å². The van der Waals surface area contributed by atoms with E-state index in [0.29, 0.717) is 6.04 Å². The van der Waals surface area contributed by atoms with Crippen LogP contribution in [0.1, 0.15) is 32.6 Å². The number of urea groups is 1. The van der Waals surface area contributed by atoms with Gasteiger partial charge in [0.1, 0.15) is 0 Å². The molecule has 1 aromatic carbocycles. The van der Waals surface area contributed by atoms with E-state index in [1.165, 1.54) is 12.8 Å². The molecule has 3 amide bonds. The molecule has 1 aliphatic heterocycles. The van der Waals surface area contributed by atoms with E-state index in [1.807, 2.05) is 29.2 Å². The lowest BCUT2D eigenvalue weighted by molar-refractivity contribution is -0.129. The molecule has 1 aromatic rings. The van der Waals surface area contributed by atoms with E-state index in [1.54, 1.807) is 6.92 Å². The van der Waals surface area contributed by atoms with Crippen LogP contribution in [0.4, 0.5) is 16.2 Å². The van der Waals surface area contributed by atoms with Crippen LogP contribution in [-0.4, -0.2) is 49.1 Å². The largest absolute Gasteiger partial charge is 0.368 e. The zero-order valence-corrected chi connectivity index (χ0v) is 14.3. The predicted molar refractivity (Wildman–Crippen MR) is 95.3 cm³/mol. The van der Waals surface area contributed by atoms with E-state index in [2.05, 4.69) is 15.5 Å². The molecule has 0 atom stereocenters. The van der Waals surface area contributed by atoms with Crippen molar-refractivity contribution in [1.82, 2.24) is 10.2 Å². The van der Waals surface area contributed by atoms with Crippen molar-refractivity contribution < 1.29 is 9.59 Å². The van der Waals surface area contributed by atoms with Crippen LogP contribution in [0.5, 0.6) is 0 Å². The quantitative estimate of drug-likeness (QED) is 0.894. The van der Waals surface area contributed by atoms with Gasteiger partial charge in [-0.1, -0.05) is 12.8 Å². The summed E-state index contributed by atoms with van der Waals surface area (Å²) < 4.78 is 0. The van der Waals surface area contributed by atoms with Crippen LogP contribution in [0.3, 0.4) is 0 Å². The molecule has 0 spiro atoms.